The molecule has 4 aromatic rings. The Bertz CT molecular complexity index is 2090. The molecule has 2 fully saturated rings. The molecule has 3 aromatic carbocycles. The van der Waals surface area contributed by atoms with Gasteiger partial charge in [0.1, 0.15) is 11.9 Å². The van der Waals surface area contributed by atoms with Gasteiger partial charge in [-0.2, -0.15) is 4.98 Å². The number of carbonyl (C=O) groups excluding carboxylic acids is 4. The Morgan fingerprint density at radius 2 is 1.70 bits per heavy atom. The number of aromatic nitrogens is 2. The van der Waals surface area contributed by atoms with Crippen molar-refractivity contribution in [3.8, 4) is 23.0 Å². The Balaban J connectivity index is 1.03. The van der Waals surface area contributed by atoms with Gasteiger partial charge in [-0.05, 0) is 29.8 Å². The zero-order valence-electron chi connectivity index (χ0n) is 29.7. The van der Waals surface area contributed by atoms with Gasteiger partial charge in [0.25, 0.3) is 0 Å². The molecular weight excluding hydrogens is 733 g/mol. The molecule has 1 N–H and O–H groups in total. The highest BCUT2D eigenvalue weighted by molar-refractivity contribution is 8.14. The fraction of sp³-hybridized carbons (Fsp3) is 0.316. The van der Waals surface area contributed by atoms with Crippen molar-refractivity contribution < 1.29 is 38.1 Å². The number of amides is 3. The van der Waals surface area contributed by atoms with E-state index in [2.05, 4.69) is 5.32 Å². The summed E-state index contributed by atoms with van der Waals surface area (Å²) in [4.78, 5) is 67.7. The number of carbonyl (C=O) groups is 4. The molecular formula is C38H38N6O8S2. The van der Waals surface area contributed by atoms with Crippen molar-refractivity contribution in [1.82, 2.24) is 19.8 Å². The Morgan fingerprint density at radius 3 is 2.48 bits per heavy atom. The Morgan fingerprint density at radius 1 is 0.944 bits per heavy atom. The zero-order valence-corrected chi connectivity index (χ0v) is 31.3. The number of nitrogens with one attached hydrogen (secondary N) is 1. The number of thioether (sulfide) groups is 2. The average Bonchev–Trinajstić information content (AvgIpc) is 3.90. The molecule has 0 saturated carbocycles. The van der Waals surface area contributed by atoms with Crippen LogP contribution in [0.3, 0.4) is 0 Å². The fourth-order valence-corrected chi connectivity index (χ4v) is 8.18. The van der Waals surface area contributed by atoms with E-state index in [4.69, 9.17) is 28.9 Å². The molecule has 3 aliphatic heterocycles. The molecule has 280 valence electrons. The van der Waals surface area contributed by atoms with Gasteiger partial charge >= 0.3 is 0 Å². The summed E-state index contributed by atoms with van der Waals surface area (Å²) in [5.74, 6) is 3.25. The zero-order chi connectivity index (χ0) is 37.6. The summed E-state index contributed by atoms with van der Waals surface area (Å²) in [5.41, 5.74) is 1.93. The summed E-state index contributed by atoms with van der Waals surface area (Å²) >= 11 is 2.58. The molecule has 1 atom stereocenters. The monoisotopic (exact) mass is 770 g/mol. The molecule has 0 bridgehead atoms. The van der Waals surface area contributed by atoms with E-state index < -0.39 is 6.04 Å². The lowest BCUT2D eigenvalue weighted by atomic mass is 10.2. The standard InChI is InChI=1S/C38H38N6O8S2/c1-49-30-19-26-27(20-31(30)50-2)39-38(43-15-13-42(14-16-43)33(45)11-9-24-8-10-29-32(18-24)52-23-51-29)41-35(26)40-36(47)28-21-53-22-44(28)34(46)12-17-54-37(48)25-6-4-3-5-7-25/h3-11,18-20,28H,12-17,21-23H2,1-2H3,(H,39,40,41,47). The summed E-state index contributed by atoms with van der Waals surface area (Å²) < 4.78 is 21.9. The van der Waals surface area contributed by atoms with Crippen molar-refractivity contribution in [3.05, 3.63) is 77.9 Å². The third-order valence-corrected chi connectivity index (χ3v) is 11.1. The number of benzene rings is 3. The largest absolute Gasteiger partial charge is 0.493 e. The molecule has 1 unspecified atom stereocenters. The van der Waals surface area contributed by atoms with E-state index in [1.165, 1.54) is 26.0 Å². The Labute approximate surface area is 320 Å². The lowest BCUT2D eigenvalue weighted by Gasteiger charge is -2.34. The van der Waals surface area contributed by atoms with Crippen molar-refractivity contribution in [1.29, 1.82) is 0 Å². The van der Waals surface area contributed by atoms with Crippen LogP contribution in [0.4, 0.5) is 11.8 Å². The van der Waals surface area contributed by atoms with Crippen molar-refractivity contribution in [3.63, 3.8) is 0 Å². The van der Waals surface area contributed by atoms with E-state index in [-0.39, 0.29) is 41.9 Å². The van der Waals surface area contributed by atoms with Gasteiger partial charge in [0.05, 0.1) is 25.6 Å². The summed E-state index contributed by atoms with van der Waals surface area (Å²) in [7, 11) is 3.05. The Hall–Kier alpha value is -5.48. The predicted octanol–water partition coefficient (Wildman–Crippen LogP) is 4.54. The average molecular weight is 771 g/mol. The van der Waals surface area contributed by atoms with Gasteiger partial charge in [0.15, 0.2) is 23.0 Å². The van der Waals surface area contributed by atoms with Crippen LogP contribution in [0.15, 0.2) is 66.7 Å². The summed E-state index contributed by atoms with van der Waals surface area (Å²) in [6, 6.07) is 17.1. The van der Waals surface area contributed by atoms with Crippen LogP contribution in [-0.2, 0) is 14.4 Å². The maximum absolute atomic E-state index is 13.9. The van der Waals surface area contributed by atoms with Gasteiger partial charge in [0.2, 0.25) is 35.6 Å². The molecule has 0 spiro atoms. The molecule has 4 heterocycles. The minimum absolute atomic E-state index is 0.102. The summed E-state index contributed by atoms with van der Waals surface area (Å²) in [5, 5.41) is 3.41. The second-order valence-electron chi connectivity index (χ2n) is 12.5. The first-order valence-corrected chi connectivity index (χ1v) is 19.4. The van der Waals surface area contributed by atoms with Gasteiger partial charge in [-0.1, -0.05) is 48.2 Å². The normalized spacial score (nSPS) is 16.6. The third kappa shape index (κ3) is 8.19. The van der Waals surface area contributed by atoms with E-state index in [0.717, 1.165) is 17.3 Å². The summed E-state index contributed by atoms with van der Waals surface area (Å²) in [6.07, 6.45) is 3.42. The van der Waals surface area contributed by atoms with E-state index >= 15 is 0 Å². The highest BCUT2D eigenvalue weighted by Crippen LogP contribution is 2.36. The van der Waals surface area contributed by atoms with Gasteiger partial charge in [-0.15, -0.1) is 11.8 Å². The first kappa shape index (κ1) is 36.9. The van der Waals surface area contributed by atoms with Gasteiger partial charge in [-0.3, -0.25) is 19.2 Å². The van der Waals surface area contributed by atoms with E-state index in [9.17, 15) is 19.2 Å². The number of piperazine rings is 1. The van der Waals surface area contributed by atoms with Crippen LogP contribution in [0, 0.1) is 0 Å². The van der Waals surface area contributed by atoms with Crippen molar-refractivity contribution in [2.75, 3.05) is 74.8 Å². The van der Waals surface area contributed by atoms with Crippen LogP contribution in [0.2, 0.25) is 0 Å². The Kier molecular flexibility index (Phi) is 11.4. The van der Waals surface area contributed by atoms with Gasteiger partial charge < -0.3 is 39.0 Å². The number of methoxy groups -OCH3 is 2. The molecule has 1 aromatic heterocycles. The molecule has 54 heavy (non-hydrogen) atoms. The minimum Gasteiger partial charge on any atom is -0.493 e. The van der Waals surface area contributed by atoms with Crippen molar-refractivity contribution >= 4 is 75.1 Å². The number of anilines is 2. The molecule has 3 aliphatic rings. The van der Waals surface area contributed by atoms with Crippen LogP contribution in [0.25, 0.3) is 17.0 Å². The second kappa shape index (κ2) is 16.7. The fourth-order valence-electron chi connectivity index (χ4n) is 6.23. The van der Waals surface area contributed by atoms with Crippen LogP contribution in [-0.4, -0.2) is 113 Å². The van der Waals surface area contributed by atoms with E-state index in [1.54, 1.807) is 58.4 Å². The highest BCUT2D eigenvalue weighted by Gasteiger charge is 2.35. The number of nitrogens with zero attached hydrogens (tertiary/aromatic N) is 5. The van der Waals surface area contributed by atoms with E-state index in [0.29, 0.717) is 89.0 Å². The maximum Gasteiger partial charge on any atom is 0.249 e. The highest BCUT2D eigenvalue weighted by atomic mass is 32.2. The molecule has 3 amide bonds. The number of fused-ring (bicyclic) bond motifs is 2. The molecule has 16 heteroatoms. The van der Waals surface area contributed by atoms with Crippen molar-refractivity contribution in [2.45, 2.75) is 12.5 Å². The topological polar surface area (TPSA) is 153 Å². The van der Waals surface area contributed by atoms with Crippen LogP contribution in [0.5, 0.6) is 23.0 Å². The van der Waals surface area contributed by atoms with Gasteiger partial charge in [-0.25, -0.2) is 4.98 Å². The molecule has 0 aliphatic carbocycles. The third-order valence-electron chi connectivity index (χ3n) is 9.18. The maximum atomic E-state index is 13.9. The number of hydrogen-bond acceptors (Lipinski definition) is 13. The molecule has 2 saturated heterocycles. The van der Waals surface area contributed by atoms with Gasteiger partial charge in [0, 0.05) is 67.2 Å². The lowest BCUT2D eigenvalue weighted by Crippen LogP contribution is -2.49. The number of ether oxygens (including phenoxy) is 4. The number of rotatable bonds is 11. The SMILES string of the molecule is COc1cc2nc(N3CCN(C(=O)C=Cc4ccc5c(c4)OCO5)CC3)nc(NC(=O)C3CSCN3C(=O)CCSC(=O)c3ccccc3)c2cc1OC. The summed E-state index contributed by atoms with van der Waals surface area (Å²) in [6.45, 7) is 1.97. The van der Waals surface area contributed by atoms with Crippen molar-refractivity contribution in [2.24, 2.45) is 0 Å². The van der Waals surface area contributed by atoms with Crippen LogP contribution >= 0.6 is 23.5 Å². The molecule has 0 radical (unpaired) electrons. The lowest BCUT2D eigenvalue weighted by molar-refractivity contribution is -0.135. The van der Waals surface area contributed by atoms with E-state index in [1.807, 2.05) is 29.2 Å². The quantitative estimate of drug-likeness (QED) is 0.213. The minimum atomic E-state index is -0.730. The number of hydrogen-bond donors (Lipinski definition) is 1. The molecule has 7 rings (SSSR count). The predicted molar refractivity (Wildman–Crippen MR) is 207 cm³/mol. The van der Waals surface area contributed by atoms with Crippen LogP contribution in [0.1, 0.15) is 22.3 Å². The smallest absolute Gasteiger partial charge is 0.249 e. The van der Waals surface area contributed by atoms with Crippen LogP contribution < -0.4 is 29.2 Å². The second-order valence-corrected chi connectivity index (χ2v) is 14.5. The first-order chi connectivity index (χ1) is 26.3. The first-order valence-electron chi connectivity index (χ1n) is 17.3. The molecule has 14 nitrogen and oxygen atoms in total.